The first-order valence-corrected chi connectivity index (χ1v) is 9.69. The number of aliphatic hydroxyl groups excluding tert-OH is 1. The van der Waals surface area contributed by atoms with Crippen LogP contribution in [-0.4, -0.2) is 47.1 Å². The number of amides is 1. The summed E-state index contributed by atoms with van der Waals surface area (Å²) in [5, 5.41) is 22.9. The molecule has 0 aromatic heterocycles. The minimum atomic E-state index is -0.570. The molecule has 0 bridgehead atoms. The van der Waals surface area contributed by atoms with Crippen LogP contribution in [0.15, 0.2) is 66.4 Å². The summed E-state index contributed by atoms with van der Waals surface area (Å²) in [4.78, 5) is 16.8. The minimum Gasteiger partial charge on any atom is -0.394 e. The van der Waals surface area contributed by atoms with Crippen molar-refractivity contribution in [3.8, 4) is 0 Å². The van der Waals surface area contributed by atoms with Crippen LogP contribution in [0.4, 0.5) is 0 Å². The van der Waals surface area contributed by atoms with Crippen LogP contribution in [0.1, 0.15) is 17.5 Å². The highest BCUT2D eigenvalue weighted by molar-refractivity contribution is 5.90. The standard InChI is InChI=1S/C22H27N3O4/c26-13-14-29-25(12-11-19-15-23-21-4-2-1-3-20(19)21)16-18-7-5-17(6-8-18)9-10-22(27)24-28/h1-10,15,20-21,23,26,28H,11-14,16H2,(H,24,27)/b10-9+. The van der Waals surface area contributed by atoms with Crippen molar-refractivity contribution >= 4 is 12.0 Å². The quantitative estimate of drug-likeness (QED) is 0.274. The number of aliphatic hydroxyl groups is 1. The van der Waals surface area contributed by atoms with Crippen LogP contribution in [-0.2, 0) is 16.2 Å². The number of hydrogen-bond acceptors (Lipinski definition) is 6. The maximum Gasteiger partial charge on any atom is 0.267 e. The molecule has 1 amide bonds. The van der Waals surface area contributed by atoms with Gasteiger partial charge in [-0.3, -0.25) is 14.8 Å². The zero-order chi connectivity index (χ0) is 20.5. The average molecular weight is 397 g/mol. The second kappa shape index (κ2) is 10.7. The van der Waals surface area contributed by atoms with Crippen molar-refractivity contribution in [3.63, 3.8) is 0 Å². The van der Waals surface area contributed by atoms with E-state index in [2.05, 4.69) is 35.8 Å². The zero-order valence-electron chi connectivity index (χ0n) is 16.2. The molecule has 7 nitrogen and oxygen atoms in total. The molecule has 154 valence electrons. The van der Waals surface area contributed by atoms with Gasteiger partial charge in [0.05, 0.1) is 19.3 Å². The molecule has 7 heteroatoms. The van der Waals surface area contributed by atoms with Gasteiger partial charge in [-0.05, 0) is 35.4 Å². The number of nitrogens with zero attached hydrogens (tertiary/aromatic N) is 1. The van der Waals surface area contributed by atoms with E-state index in [4.69, 9.17) is 15.2 Å². The van der Waals surface area contributed by atoms with E-state index in [0.717, 1.165) is 17.5 Å². The fourth-order valence-electron chi connectivity index (χ4n) is 3.42. The lowest BCUT2D eigenvalue weighted by Gasteiger charge is -2.24. The Hall–Kier alpha value is -2.71. The molecule has 0 spiro atoms. The van der Waals surface area contributed by atoms with E-state index in [0.29, 0.717) is 25.0 Å². The second-order valence-corrected chi connectivity index (χ2v) is 6.93. The molecule has 4 N–H and O–H groups in total. The Labute approximate surface area is 170 Å². The van der Waals surface area contributed by atoms with E-state index in [1.807, 2.05) is 29.3 Å². The van der Waals surface area contributed by atoms with Gasteiger partial charge in [-0.15, -0.1) is 0 Å². The van der Waals surface area contributed by atoms with Gasteiger partial charge >= 0.3 is 0 Å². The van der Waals surface area contributed by atoms with Gasteiger partial charge in [0.25, 0.3) is 5.91 Å². The summed E-state index contributed by atoms with van der Waals surface area (Å²) in [6.45, 7) is 1.52. The maximum absolute atomic E-state index is 11.1. The minimum absolute atomic E-state index is 0.0321. The van der Waals surface area contributed by atoms with Gasteiger partial charge in [-0.1, -0.05) is 48.6 Å². The van der Waals surface area contributed by atoms with Gasteiger partial charge < -0.3 is 10.4 Å². The Bertz CT molecular complexity index is 799. The number of hydroxylamine groups is 3. The summed E-state index contributed by atoms with van der Waals surface area (Å²) in [6.07, 6.45) is 14.4. The van der Waals surface area contributed by atoms with Crippen molar-refractivity contribution in [1.29, 1.82) is 0 Å². The third-order valence-corrected chi connectivity index (χ3v) is 4.92. The van der Waals surface area contributed by atoms with Crippen molar-refractivity contribution in [2.75, 3.05) is 19.8 Å². The van der Waals surface area contributed by atoms with Crippen LogP contribution in [0.2, 0.25) is 0 Å². The lowest BCUT2D eigenvalue weighted by molar-refractivity contribution is -0.172. The molecule has 2 unspecified atom stereocenters. The number of nitrogens with one attached hydrogen (secondary N) is 2. The highest BCUT2D eigenvalue weighted by Gasteiger charge is 2.26. The Morgan fingerprint density at radius 1 is 1.24 bits per heavy atom. The van der Waals surface area contributed by atoms with Crippen LogP contribution in [0.25, 0.3) is 6.08 Å². The second-order valence-electron chi connectivity index (χ2n) is 6.93. The van der Waals surface area contributed by atoms with Gasteiger partial charge in [0.1, 0.15) is 0 Å². The van der Waals surface area contributed by atoms with Crippen molar-refractivity contribution < 1.29 is 19.9 Å². The third kappa shape index (κ3) is 6.13. The molecule has 29 heavy (non-hydrogen) atoms. The van der Waals surface area contributed by atoms with Crippen LogP contribution in [0.5, 0.6) is 0 Å². The number of carbonyl (C=O) groups is 1. The van der Waals surface area contributed by atoms with Gasteiger partial charge in [0, 0.05) is 25.1 Å². The number of hydrogen-bond donors (Lipinski definition) is 4. The monoisotopic (exact) mass is 397 g/mol. The first kappa shape index (κ1) is 21.0. The lowest BCUT2D eigenvalue weighted by Crippen LogP contribution is -2.28. The van der Waals surface area contributed by atoms with Crippen LogP contribution < -0.4 is 10.8 Å². The summed E-state index contributed by atoms with van der Waals surface area (Å²) in [7, 11) is 0. The summed E-state index contributed by atoms with van der Waals surface area (Å²) < 4.78 is 0. The molecule has 3 rings (SSSR count). The van der Waals surface area contributed by atoms with Crippen molar-refractivity contribution in [1.82, 2.24) is 15.9 Å². The first-order chi connectivity index (χ1) is 14.2. The Morgan fingerprint density at radius 3 is 2.79 bits per heavy atom. The van der Waals surface area contributed by atoms with Gasteiger partial charge in [-0.25, -0.2) is 5.48 Å². The van der Waals surface area contributed by atoms with Crippen LogP contribution in [0, 0.1) is 5.92 Å². The Morgan fingerprint density at radius 2 is 2.03 bits per heavy atom. The predicted molar refractivity (Wildman–Crippen MR) is 110 cm³/mol. The Balaban J connectivity index is 1.56. The van der Waals surface area contributed by atoms with E-state index in [9.17, 15) is 4.79 Å². The summed E-state index contributed by atoms with van der Waals surface area (Å²) in [6, 6.07) is 8.07. The number of benzene rings is 1. The van der Waals surface area contributed by atoms with Crippen LogP contribution >= 0.6 is 0 Å². The van der Waals surface area contributed by atoms with Crippen molar-refractivity contribution in [2.45, 2.75) is 19.0 Å². The molecule has 0 radical (unpaired) electrons. The molecular weight excluding hydrogens is 370 g/mol. The summed E-state index contributed by atoms with van der Waals surface area (Å²) in [5.74, 6) is -0.180. The topological polar surface area (TPSA) is 94.1 Å². The molecule has 1 aliphatic heterocycles. The van der Waals surface area contributed by atoms with Crippen LogP contribution in [0.3, 0.4) is 0 Å². The van der Waals surface area contributed by atoms with E-state index < -0.39 is 5.91 Å². The third-order valence-electron chi connectivity index (χ3n) is 4.92. The summed E-state index contributed by atoms with van der Waals surface area (Å²) >= 11 is 0. The number of fused-ring (bicyclic) bond motifs is 1. The molecule has 0 saturated heterocycles. The van der Waals surface area contributed by atoms with Crippen molar-refractivity contribution in [3.05, 3.63) is 77.5 Å². The summed E-state index contributed by atoms with van der Waals surface area (Å²) in [5.41, 5.74) is 4.82. The molecule has 0 fully saturated rings. The lowest BCUT2D eigenvalue weighted by atomic mass is 9.90. The molecule has 1 aromatic carbocycles. The first-order valence-electron chi connectivity index (χ1n) is 9.69. The molecule has 1 aliphatic carbocycles. The molecule has 1 heterocycles. The highest BCUT2D eigenvalue weighted by Crippen LogP contribution is 2.28. The molecule has 2 atom stereocenters. The molecule has 2 aliphatic rings. The van der Waals surface area contributed by atoms with Gasteiger partial charge in [0.15, 0.2) is 0 Å². The fourth-order valence-corrected chi connectivity index (χ4v) is 3.42. The Kier molecular flexibility index (Phi) is 7.77. The molecule has 0 saturated carbocycles. The van der Waals surface area contributed by atoms with Gasteiger partial charge in [0.2, 0.25) is 0 Å². The van der Waals surface area contributed by atoms with E-state index in [1.54, 1.807) is 11.6 Å². The average Bonchev–Trinajstić information content (AvgIpc) is 3.18. The molecular formula is C22H27N3O4. The number of carbonyl (C=O) groups excluding carboxylic acids is 1. The maximum atomic E-state index is 11.1. The normalized spacial score (nSPS) is 20.0. The zero-order valence-corrected chi connectivity index (χ0v) is 16.2. The molecule has 1 aromatic rings. The predicted octanol–water partition coefficient (Wildman–Crippen LogP) is 1.92. The van der Waals surface area contributed by atoms with E-state index in [-0.39, 0.29) is 13.2 Å². The van der Waals surface area contributed by atoms with Crippen molar-refractivity contribution in [2.24, 2.45) is 5.92 Å². The van der Waals surface area contributed by atoms with Gasteiger partial charge in [-0.2, -0.15) is 5.06 Å². The number of rotatable bonds is 10. The highest BCUT2D eigenvalue weighted by atomic mass is 16.7. The van der Waals surface area contributed by atoms with E-state index >= 15 is 0 Å². The number of allylic oxidation sites excluding steroid dienone is 2. The smallest absolute Gasteiger partial charge is 0.267 e. The largest absolute Gasteiger partial charge is 0.394 e. The SMILES string of the molecule is O=C(/C=C/c1ccc(CN(CCC2=CNC3C=CC=CC23)OCCO)cc1)NO. The van der Waals surface area contributed by atoms with E-state index in [1.165, 1.54) is 11.6 Å². The fraction of sp³-hybridized carbons (Fsp3) is 0.318.